The number of likely N-dealkylation sites (tertiary alicyclic amines) is 1. The van der Waals surface area contributed by atoms with Gasteiger partial charge in [0.05, 0.1) is 17.7 Å². The number of fused-ring (bicyclic) bond motifs is 3. The lowest BCUT2D eigenvalue weighted by Crippen LogP contribution is -2.50. The van der Waals surface area contributed by atoms with Gasteiger partial charge in [0.25, 0.3) is 5.91 Å². The van der Waals surface area contributed by atoms with E-state index in [4.69, 9.17) is 4.74 Å². The maximum atomic E-state index is 13.0. The van der Waals surface area contributed by atoms with Gasteiger partial charge in [-0.3, -0.25) is 9.69 Å². The van der Waals surface area contributed by atoms with Crippen LogP contribution in [0.25, 0.3) is 10.8 Å². The Bertz CT molecular complexity index is 1390. The molecule has 2 heterocycles. The largest absolute Gasteiger partial charge is 0.508 e. The second-order valence-electron chi connectivity index (χ2n) is 9.92. The number of carbonyl (C=O) groups is 1. The number of phenolic OH excluding ortho intramolecular Hbond substituents is 1. The van der Waals surface area contributed by atoms with Gasteiger partial charge in [0.2, 0.25) is 0 Å². The van der Waals surface area contributed by atoms with Crippen LogP contribution < -0.4 is 5.32 Å². The molecule has 1 aromatic heterocycles. The van der Waals surface area contributed by atoms with E-state index in [1.54, 1.807) is 13.2 Å². The number of nitrogens with one attached hydrogen (secondary N) is 1. The van der Waals surface area contributed by atoms with E-state index in [9.17, 15) is 9.90 Å². The van der Waals surface area contributed by atoms with Crippen molar-refractivity contribution < 1.29 is 14.6 Å². The van der Waals surface area contributed by atoms with E-state index in [1.165, 1.54) is 16.9 Å². The van der Waals surface area contributed by atoms with E-state index in [0.717, 1.165) is 47.8 Å². The summed E-state index contributed by atoms with van der Waals surface area (Å²) in [6.07, 6.45) is 1.73. The lowest BCUT2D eigenvalue weighted by atomic mass is 9.71. The second-order valence-corrected chi connectivity index (χ2v) is 10.7. The first kappa shape index (κ1) is 23.2. The fourth-order valence-electron chi connectivity index (χ4n) is 6.37. The van der Waals surface area contributed by atoms with Crippen molar-refractivity contribution in [3.8, 4) is 5.75 Å². The van der Waals surface area contributed by atoms with Crippen LogP contribution in [-0.4, -0.2) is 42.2 Å². The highest BCUT2D eigenvalue weighted by molar-refractivity contribution is 7.08. The number of hydrogen-bond acceptors (Lipinski definition) is 5. The molecular weight excluding hydrogens is 468 g/mol. The van der Waals surface area contributed by atoms with Crippen molar-refractivity contribution in [2.45, 2.75) is 36.9 Å². The number of carbonyl (C=O) groups excluding carboxylic acids is 1. The summed E-state index contributed by atoms with van der Waals surface area (Å²) < 4.78 is 6.18. The van der Waals surface area contributed by atoms with Crippen molar-refractivity contribution in [1.29, 1.82) is 0 Å². The lowest BCUT2D eigenvalue weighted by molar-refractivity contribution is -0.0122. The van der Waals surface area contributed by atoms with Crippen LogP contribution >= 0.6 is 11.3 Å². The van der Waals surface area contributed by atoms with Gasteiger partial charge in [0, 0.05) is 30.0 Å². The molecular formula is C30H30N2O3S. The number of methoxy groups -OCH3 is 1. The maximum Gasteiger partial charge on any atom is 0.252 e. The lowest BCUT2D eigenvalue weighted by Gasteiger charge is -2.44. The summed E-state index contributed by atoms with van der Waals surface area (Å²) in [5.41, 5.74) is 3.97. The number of rotatable bonds is 5. The van der Waals surface area contributed by atoms with Crippen molar-refractivity contribution in [2.75, 3.05) is 20.2 Å². The molecule has 2 N–H and O–H groups in total. The second kappa shape index (κ2) is 9.36. The average Bonchev–Trinajstić information content (AvgIpc) is 3.53. The molecule has 1 amide bonds. The molecule has 0 bridgehead atoms. The molecule has 2 atom stereocenters. The summed E-state index contributed by atoms with van der Waals surface area (Å²) in [5.74, 6) is 0.296. The van der Waals surface area contributed by atoms with Gasteiger partial charge in [-0.05, 0) is 65.3 Å². The molecule has 3 aromatic carbocycles. The summed E-state index contributed by atoms with van der Waals surface area (Å²) in [6.45, 7) is 2.49. The molecule has 2 aliphatic rings. The van der Waals surface area contributed by atoms with E-state index in [1.807, 2.05) is 41.1 Å². The van der Waals surface area contributed by atoms with Crippen LogP contribution in [-0.2, 0) is 16.7 Å². The van der Waals surface area contributed by atoms with Crippen molar-refractivity contribution in [2.24, 2.45) is 0 Å². The van der Waals surface area contributed by atoms with E-state index < -0.39 is 0 Å². The molecule has 0 saturated carbocycles. The Balaban J connectivity index is 1.26. The summed E-state index contributed by atoms with van der Waals surface area (Å²) in [5, 5.41) is 20.0. The minimum atomic E-state index is -0.188. The smallest absolute Gasteiger partial charge is 0.252 e. The molecule has 0 radical (unpaired) electrons. The third-order valence-electron chi connectivity index (χ3n) is 8.15. The predicted molar refractivity (Wildman–Crippen MR) is 144 cm³/mol. The van der Waals surface area contributed by atoms with Crippen molar-refractivity contribution in [3.63, 3.8) is 0 Å². The standard InChI is InChI=1S/C30H30N2O3S/c1-35-28-27(31-29(34)21-12-17-36-19-21)23-8-4-5-9-25(23)30(28)13-15-32(16-14-30)18-24-22-7-3-2-6-20(22)10-11-26(24)33/h2-12,17,19,27-28,33H,13-16,18H2,1H3,(H,31,34)/t27-,28+/m1/s1. The first-order valence-corrected chi connectivity index (χ1v) is 13.4. The molecule has 1 aliphatic heterocycles. The minimum Gasteiger partial charge on any atom is -0.508 e. The molecule has 1 saturated heterocycles. The normalized spacial score (nSPS) is 21.0. The molecule has 1 aliphatic carbocycles. The van der Waals surface area contributed by atoms with Crippen LogP contribution in [0.1, 0.15) is 45.9 Å². The van der Waals surface area contributed by atoms with Crippen LogP contribution in [0.4, 0.5) is 0 Å². The van der Waals surface area contributed by atoms with Gasteiger partial charge in [-0.15, -0.1) is 0 Å². The van der Waals surface area contributed by atoms with Gasteiger partial charge in [-0.25, -0.2) is 0 Å². The van der Waals surface area contributed by atoms with Gasteiger partial charge in [-0.2, -0.15) is 11.3 Å². The number of phenols is 1. The van der Waals surface area contributed by atoms with Gasteiger partial charge in [0.15, 0.2) is 0 Å². The monoisotopic (exact) mass is 498 g/mol. The molecule has 4 aromatic rings. The number of nitrogens with zero attached hydrogens (tertiary/aromatic N) is 1. The van der Waals surface area contributed by atoms with Crippen molar-refractivity contribution in [1.82, 2.24) is 10.2 Å². The number of benzene rings is 3. The Labute approximate surface area is 215 Å². The van der Waals surface area contributed by atoms with Crippen LogP contribution in [0.2, 0.25) is 0 Å². The first-order valence-electron chi connectivity index (χ1n) is 12.5. The molecule has 1 spiro atoms. The highest BCUT2D eigenvalue weighted by Gasteiger charge is 2.54. The summed E-state index contributed by atoms with van der Waals surface area (Å²) in [4.78, 5) is 15.4. The fourth-order valence-corrected chi connectivity index (χ4v) is 7.00. The number of hydrogen-bond donors (Lipinski definition) is 2. The molecule has 36 heavy (non-hydrogen) atoms. The van der Waals surface area contributed by atoms with Gasteiger partial charge >= 0.3 is 0 Å². The van der Waals surface area contributed by atoms with Crippen LogP contribution in [0.3, 0.4) is 0 Å². The van der Waals surface area contributed by atoms with Gasteiger partial charge in [0.1, 0.15) is 5.75 Å². The van der Waals surface area contributed by atoms with E-state index >= 15 is 0 Å². The highest BCUT2D eigenvalue weighted by atomic mass is 32.1. The molecule has 5 nitrogen and oxygen atoms in total. The Morgan fingerprint density at radius 3 is 2.64 bits per heavy atom. The highest BCUT2D eigenvalue weighted by Crippen LogP contribution is 2.52. The predicted octanol–water partition coefficient (Wildman–Crippen LogP) is 5.64. The Hall–Kier alpha value is -3.19. The number of piperidine rings is 1. The Morgan fingerprint density at radius 1 is 1.08 bits per heavy atom. The zero-order chi connectivity index (χ0) is 24.7. The van der Waals surface area contributed by atoms with Gasteiger partial charge < -0.3 is 15.2 Å². The molecule has 6 rings (SSSR count). The summed E-state index contributed by atoms with van der Waals surface area (Å²) in [6, 6.07) is 22.2. The maximum absolute atomic E-state index is 13.0. The minimum absolute atomic E-state index is 0.0565. The van der Waals surface area contributed by atoms with Crippen molar-refractivity contribution >= 4 is 28.0 Å². The van der Waals surface area contributed by atoms with E-state index in [-0.39, 0.29) is 23.5 Å². The van der Waals surface area contributed by atoms with Crippen molar-refractivity contribution in [3.05, 3.63) is 99.7 Å². The van der Waals surface area contributed by atoms with Crippen LogP contribution in [0, 0.1) is 0 Å². The first-order chi connectivity index (χ1) is 17.6. The zero-order valence-corrected chi connectivity index (χ0v) is 21.1. The third-order valence-corrected chi connectivity index (χ3v) is 8.83. The number of aromatic hydroxyl groups is 1. The van der Waals surface area contributed by atoms with Crippen LogP contribution in [0.5, 0.6) is 5.75 Å². The Kier molecular flexibility index (Phi) is 6.04. The Morgan fingerprint density at radius 2 is 1.86 bits per heavy atom. The van der Waals surface area contributed by atoms with Gasteiger partial charge in [-0.1, -0.05) is 54.6 Å². The summed E-state index contributed by atoms with van der Waals surface area (Å²) >= 11 is 1.53. The molecule has 184 valence electrons. The average molecular weight is 499 g/mol. The van der Waals surface area contributed by atoms with E-state index in [2.05, 4.69) is 40.5 Å². The quantitative estimate of drug-likeness (QED) is 0.374. The molecule has 6 heteroatoms. The zero-order valence-electron chi connectivity index (χ0n) is 20.3. The SMILES string of the molecule is CO[C@H]1[C@H](NC(=O)c2ccsc2)c2ccccc2C12CCN(Cc1c(O)ccc3ccccc13)CC2. The fraction of sp³-hybridized carbons (Fsp3) is 0.300. The van der Waals surface area contributed by atoms with Crippen LogP contribution in [0.15, 0.2) is 77.5 Å². The topological polar surface area (TPSA) is 61.8 Å². The molecule has 1 fully saturated rings. The number of thiophene rings is 1. The number of ether oxygens (including phenoxy) is 1. The molecule has 0 unspecified atom stereocenters. The number of amides is 1. The van der Waals surface area contributed by atoms with E-state index in [0.29, 0.717) is 17.9 Å². The summed E-state index contributed by atoms with van der Waals surface area (Å²) in [7, 11) is 1.77. The third kappa shape index (κ3) is 3.81.